The lowest BCUT2D eigenvalue weighted by atomic mass is 9.80. The van der Waals surface area contributed by atoms with Crippen LogP contribution in [0.1, 0.15) is 30.1 Å². The van der Waals surface area contributed by atoms with E-state index in [2.05, 4.69) is 4.98 Å². The fourth-order valence-corrected chi connectivity index (χ4v) is 2.34. The molecular weight excluding hydrogens is 268 g/mol. The van der Waals surface area contributed by atoms with Gasteiger partial charge >= 0.3 is 5.97 Å². The molecule has 1 aromatic heterocycles. The summed E-state index contributed by atoms with van der Waals surface area (Å²) >= 11 is 5.94. The number of piperidine rings is 1. The van der Waals surface area contributed by atoms with E-state index in [1.54, 1.807) is 17.9 Å². The van der Waals surface area contributed by atoms with Crippen LogP contribution in [-0.2, 0) is 4.79 Å². The van der Waals surface area contributed by atoms with E-state index >= 15 is 0 Å². The quantitative estimate of drug-likeness (QED) is 0.901. The lowest BCUT2D eigenvalue weighted by molar-refractivity contribution is -0.150. The molecule has 1 N–H and O–H groups in total. The van der Waals surface area contributed by atoms with Gasteiger partial charge in [0.05, 0.1) is 16.0 Å². The van der Waals surface area contributed by atoms with Gasteiger partial charge in [0, 0.05) is 25.5 Å². The average Bonchev–Trinajstić information content (AvgIpc) is 2.39. The fourth-order valence-electron chi connectivity index (χ4n) is 2.14. The van der Waals surface area contributed by atoms with E-state index in [9.17, 15) is 9.59 Å². The monoisotopic (exact) mass is 282 g/mol. The highest BCUT2D eigenvalue weighted by Gasteiger charge is 2.38. The zero-order valence-electron chi connectivity index (χ0n) is 10.6. The fraction of sp³-hybridized carbons (Fsp3) is 0.462. The van der Waals surface area contributed by atoms with Crippen molar-refractivity contribution >= 4 is 23.5 Å². The number of halogens is 1. The van der Waals surface area contributed by atoms with E-state index in [1.165, 1.54) is 12.4 Å². The van der Waals surface area contributed by atoms with Crippen LogP contribution in [0.4, 0.5) is 0 Å². The van der Waals surface area contributed by atoms with Crippen molar-refractivity contribution in [2.75, 3.05) is 13.1 Å². The van der Waals surface area contributed by atoms with E-state index in [-0.39, 0.29) is 5.91 Å². The second kappa shape index (κ2) is 5.17. The molecule has 1 saturated heterocycles. The van der Waals surface area contributed by atoms with Gasteiger partial charge in [0.2, 0.25) is 0 Å². The summed E-state index contributed by atoms with van der Waals surface area (Å²) in [6.45, 7) is 2.58. The SMILES string of the molecule is CC1(C(=O)O)CCN(C(=O)c2ccncc2Cl)CC1. The molecule has 0 spiro atoms. The van der Waals surface area contributed by atoms with Crippen LogP contribution in [0.5, 0.6) is 0 Å². The first kappa shape index (κ1) is 13.8. The number of carbonyl (C=O) groups excluding carboxylic acids is 1. The number of aromatic nitrogens is 1. The number of pyridine rings is 1. The molecule has 6 heteroatoms. The van der Waals surface area contributed by atoms with Crippen molar-refractivity contribution in [1.29, 1.82) is 0 Å². The summed E-state index contributed by atoms with van der Waals surface area (Å²) in [5, 5.41) is 9.47. The van der Waals surface area contributed by atoms with E-state index < -0.39 is 11.4 Å². The molecule has 2 heterocycles. The number of aliphatic carboxylic acids is 1. The molecule has 0 aliphatic carbocycles. The third-order valence-corrected chi connectivity index (χ3v) is 3.97. The third-order valence-electron chi connectivity index (χ3n) is 3.67. The van der Waals surface area contributed by atoms with Crippen molar-refractivity contribution in [3.63, 3.8) is 0 Å². The Bertz CT molecular complexity index is 510. The van der Waals surface area contributed by atoms with Crippen LogP contribution in [0.25, 0.3) is 0 Å². The van der Waals surface area contributed by atoms with Crippen molar-refractivity contribution in [3.8, 4) is 0 Å². The molecule has 19 heavy (non-hydrogen) atoms. The van der Waals surface area contributed by atoms with Crippen LogP contribution in [-0.4, -0.2) is 40.0 Å². The molecule has 1 aromatic rings. The summed E-state index contributed by atoms with van der Waals surface area (Å²) in [6.07, 6.45) is 3.86. The average molecular weight is 283 g/mol. The Morgan fingerprint density at radius 3 is 2.58 bits per heavy atom. The molecule has 1 amide bonds. The molecule has 1 aliphatic rings. The first-order chi connectivity index (χ1) is 8.94. The summed E-state index contributed by atoms with van der Waals surface area (Å²) in [5.74, 6) is -0.971. The molecule has 0 radical (unpaired) electrons. The summed E-state index contributed by atoms with van der Waals surface area (Å²) in [7, 11) is 0. The lowest BCUT2D eigenvalue weighted by Crippen LogP contribution is -2.45. The van der Waals surface area contributed by atoms with Crippen LogP contribution in [0.3, 0.4) is 0 Å². The summed E-state index contributed by atoms with van der Waals surface area (Å²) in [5.41, 5.74) is -0.325. The summed E-state index contributed by atoms with van der Waals surface area (Å²) in [4.78, 5) is 28.9. The second-order valence-corrected chi connectivity index (χ2v) is 5.42. The molecule has 102 valence electrons. The number of likely N-dealkylation sites (tertiary alicyclic amines) is 1. The van der Waals surface area contributed by atoms with Crippen LogP contribution in [0.2, 0.25) is 5.02 Å². The topological polar surface area (TPSA) is 70.5 Å². The number of carboxylic acid groups (broad SMARTS) is 1. The van der Waals surface area contributed by atoms with Gasteiger partial charge in [0.15, 0.2) is 0 Å². The first-order valence-electron chi connectivity index (χ1n) is 6.06. The standard InChI is InChI=1S/C13H15ClN2O3/c1-13(12(18)19)3-6-16(7-4-13)11(17)9-2-5-15-8-10(9)14/h2,5,8H,3-4,6-7H2,1H3,(H,18,19). The molecule has 5 nitrogen and oxygen atoms in total. The Balaban J connectivity index is 2.08. The maximum Gasteiger partial charge on any atom is 0.309 e. The highest BCUT2D eigenvalue weighted by Crippen LogP contribution is 2.32. The van der Waals surface area contributed by atoms with Crippen LogP contribution in [0.15, 0.2) is 18.5 Å². The zero-order chi connectivity index (χ0) is 14.0. The molecule has 0 aromatic carbocycles. The third kappa shape index (κ3) is 2.71. The minimum absolute atomic E-state index is 0.167. The second-order valence-electron chi connectivity index (χ2n) is 5.01. The normalized spacial score (nSPS) is 18.1. The minimum Gasteiger partial charge on any atom is -0.481 e. The van der Waals surface area contributed by atoms with Gasteiger partial charge in [0.25, 0.3) is 5.91 Å². The van der Waals surface area contributed by atoms with E-state index in [0.717, 1.165) is 0 Å². The van der Waals surface area contributed by atoms with Gasteiger partial charge in [0.1, 0.15) is 0 Å². The van der Waals surface area contributed by atoms with Crippen molar-refractivity contribution in [1.82, 2.24) is 9.88 Å². The molecule has 0 atom stereocenters. The predicted octanol–water partition coefficient (Wildman–Crippen LogP) is 2.06. The summed E-state index contributed by atoms with van der Waals surface area (Å²) in [6, 6.07) is 1.58. The van der Waals surface area contributed by atoms with Crippen LogP contribution >= 0.6 is 11.6 Å². The lowest BCUT2D eigenvalue weighted by Gasteiger charge is -2.36. The van der Waals surface area contributed by atoms with Gasteiger partial charge in [-0.3, -0.25) is 14.6 Å². The molecule has 0 unspecified atom stereocenters. The van der Waals surface area contributed by atoms with Gasteiger partial charge in [-0.2, -0.15) is 0 Å². The number of carbonyl (C=O) groups is 2. The molecule has 0 bridgehead atoms. The van der Waals surface area contributed by atoms with Crippen molar-refractivity contribution in [2.24, 2.45) is 5.41 Å². The Kier molecular flexibility index (Phi) is 3.75. The number of carboxylic acids is 1. The predicted molar refractivity (Wildman–Crippen MR) is 70.1 cm³/mol. The Morgan fingerprint density at radius 2 is 2.05 bits per heavy atom. The number of hydrogen-bond donors (Lipinski definition) is 1. The number of hydrogen-bond acceptors (Lipinski definition) is 3. The van der Waals surface area contributed by atoms with Gasteiger partial charge in [-0.25, -0.2) is 0 Å². The molecule has 0 saturated carbocycles. The first-order valence-corrected chi connectivity index (χ1v) is 6.44. The Hall–Kier alpha value is -1.62. The van der Waals surface area contributed by atoms with Gasteiger partial charge in [-0.1, -0.05) is 11.6 Å². The van der Waals surface area contributed by atoms with E-state index in [1.807, 2.05) is 0 Å². The minimum atomic E-state index is -0.804. The Labute approximate surface area is 116 Å². The maximum atomic E-state index is 12.3. The van der Waals surface area contributed by atoms with Crippen LogP contribution < -0.4 is 0 Å². The Morgan fingerprint density at radius 1 is 1.42 bits per heavy atom. The highest BCUT2D eigenvalue weighted by molar-refractivity contribution is 6.33. The van der Waals surface area contributed by atoms with E-state index in [4.69, 9.17) is 16.7 Å². The largest absolute Gasteiger partial charge is 0.481 e. The smallest absolute Gasteiger partial charge is 0.309 e. The van der Waals surface area contributed by atoms with Crippen LogP contribution in [0, 0.1) is 5.41 Å². The highest BCUT2D eigenvalue weighted by atomic mass is 35.5. The molecule has 2 rings (SSSR count). The molecular formula is C13H15ClN2O3. The number of amides is 1. The molecule has 1 aliphatic heterocycles. The van der Waals surface area contributed by atoms with Crippen molar-refractivity contribution in [2.45, 2.75) is 19.8 Å². The van der Waals surface area contributed by atoms with Crippen molar-refractivity contribution in [3.05, 3.63) is 29.0 Å². The van der Waals surface area contributed by atoms with E-state index in [0.29, 0.717) is 36.5 Å². The van der Waals surface area contributed by atoms with Gasteiger partial charge in [-0.15, -0.1) is 0 Å². The zero-order valence-corrected chi connectivity index (χ0v) is 11.4. The number of nitrogens with zero attached hydrogens (tertiary/aromatic N) is 2. The summed E-state index contributed by atoms with van der Waals surface area (Å²) < 4.78 is 0. The van der Waals surface area contributed by atoms with Crippen molar-refractivity contribution < 1.29 is 14.7 Å². The maximum absolute atomic E-state index is 12.3. The van der Waals surface area contributed by atoms with Gasteiger partial charge in [-0.05, 0) is 25.8 Å². The number of rotatable bonds is 2. The molecule has 1 fully saturated rings. The van der Waals surface area contributed by atoms with Gasteiger partial charge < -0.3 is 10.0 Å².